The summed E-state index contributed by atoms with van der Waals surface area (Å²) in [6.07, 6.45) is 3.37. The standard InChI is InChI=1S/C16H14BrClFN5O/c1-2-23-9-11(17)15(22-23)16(25)20-14-6-7-24(21-14)8-10-12(18)4-3-5-13(10)19/h3-7,9H,2,8H2,1H3,(H,20,21,25). The highest BCUT2D eigenvalue weighted by Gasteiger charge is 2.16. The molecule has 1 N–H and O–H groups in total. The highest BCUT2D eigenvalue weighted by atomic mass is 79.9. The van der Waals surface area contributed by atoms with Gasteiger partial charge in [0.2, 0.25) is 0 Å². The van der Waals surface area contributed by atoms with Crippen LogP contribution in [-0.4, -0.2) is 25.5 Å². The van der Waals surface area contributed by atoms with Crippen molar-refractivity contribution in [2.24, 2.45) is 0 Å². The molecule has 3 rings (SSSR count). The number of carbonyl (C=O) groups excluding carboxylic acids is 1. The molecule has 0 aliphatic rings. The number of anilines is 1. The van der Waals surface area contributed by atoms with E-state index in [4.69, 9.17) is 11.6 Å². The molecule has 0 aliphatic heterocycles. The van der Waals surface area contributed by atoms with Crippen molar-refractivity contribution in [2.45, 2.75) is 20.0 Å². The Kier molecular flexibility index (Phi) is 5.19. The van der Waals surface area contributed by atoms with Gasteiger partial charge in [-0.2, -0.15) is 10.2 Å². The van der Waals surface area contributed by atoms with E-state index in [2.05, 4.69) is 31.4 Å². The van der Waals surface area contributed by atoms with Crippen molar-refractivity contribution in [1.82, 2.24) is 19.6 Å². The molecule has 1 amide bonds. The first-order valence-electron chi connectivity index (χ1n) is 7.48. The number of hydrogen-bond acceptors (Lipinski definition) is 3. The van der Waals surface area contributed by atoms with Crippen molar-refractivity contribution in [3.05, 3.63) is 63.2 Å². The summed E-state index contributed by atoms with van der Waals surface area (Å²) in [5.41, 5.74) is 0.614. The summed E-state index contributed by atoms with van der Waals surface area (Å²) >= 11 is 9.33. The van der Waals surface area contributed by atoms with E-state index in [0.29, 0.717) is 27.4 Å². The monoisotopic (exact) mass is 425 g/mol. The van der Waals surface area contributed by atoms with E-state index in [0.717, 1.165) is 0 Å². The Morgan fingerprint density at radius 3 is 2.80 bits per heavy atom. The van der Waals surface area contributed by atoms with Crippen LogP contribution in [0.5, 0.6) is 0 Å². The lowest BCUT2D eigenvalue weighted by Gasteiger charge is -2.06. The average molecular weight is 427 g/mol. The van der Waals surface area contributed by atoms with Crippen molar-refractivity contribution in [2.75, 3.05) is 5.32 Å². The normalized spacial score (nSPS) is 10.9. The molecule has 6 nitrogen and oxygen atoms in total. The third kappa shape index (κ3) is 3.91. The molecule has 0 spiro atoms. The Bertz CT molecular complexity index is 903. The maximum absolute atomic E-state index is 13.8. The van der Waals surface area contributed by atoms with Crippen LogP contribution in [0.25, 0.3) is 0 Å². The summed E-state index contributed by atoms with van der Waals surface area (Å²) in [4.78, 5) is 12.3. The van der Waals surface area contributed by atoms with Gasteiger partial charge >= 0.3 is 0 Å². The van der Waals surface area contributed by atoms with Gasteiger partial charge in [0.1, 0.15) is 5.82 Å². The van der Waals surface area contributed by atoms with E-state index in [-0.39, 0.29) is 18.1 Å². The number of carbonyl (C=O) groups is 1. The minimum atomic E-state index is -0.400. The molecule has 0 bridgehead atoms. The van der Waals surface area contributed by atoms with Crippen molar-refractivity contribution >= 4 is 39.3 Å². The first kappa shape index (κ1) is 17.6. The minimum Gasteiger partial charge on any atom is -0.304 e. The highest BCUT2D eigenvalue weighted by Crippen LogP contribution is 2.20. The third-order valence-corrected chi connectivity index (χ3v) is 4.45. The van der Waals surface area contributed by atoms with Gasteiger partial charge in [-0.1, -0.05) is 17.7 Å². The zero-order valence-corrected chi connectivity index (χ0v) is 15.6. The molecular formula is C16H14BrClFN5O. The Hall–Kier alpha value is -2.19. The molecule has 3 aromatic rings. The fourth-order valence-corrected chi connectivity index (χ4v) is 2.97. The van der Waals surface area contributed by atoms with Gasteiger partial charge in [-0.25, -0.2) is 4.39 Å². The molecule has 0 saturated heterocycles. The number of rotatable bonds is 5. The quantitative estimate of drug-likeness (QED) is 0.672. The fraction of sp³-hybridized carbons (Fsp3) is 0.188. The van der Waals surface area contributed by atoms with Gasteiger partial charge in [0, 0.05) is 35.6 Å². The minimum absolute atomic E-state index is 0.162. The molecule has 0 radical (unpaired) electrons. The van der Waals surface area contributed by atoms with Gasteiger partial charge in [-0.3, -0.25) is 14.2 Å². The van der Waals surface area contributed by atoms with Gasteiger partial charge < -0.3 is 5.32 Å². The number of hydrogen-bond donors (Lipinski definition) is 1. The molecule has 25 heavy (non-hydrogen) atoms. The number of aromatic nitrogens is 4. The predicted octanol–water partition coefficient (Wildman–Crippen LogP) is 3.96. The second kappa shape index (κ2) is 7.37. The molecule has 0 unspecified atom stereocenters. The van der Waals surface area contributed by atoms with Crippen LogP contribution >= 0.6 is 27.5 Å². The Balaban J connectivity index is 1.73. The predicted molar refractivity (Wildman–Crippen MR) is 96.3 cm³/mol. The van der Waals surface area contributed by atoms with Crippen molar-refractivity contribution in [3.8, 4) is 0 Å². The topological polar surface area (TPSA) is 64.7 Å². The van der Waals surface area contributed by atoms with E-state index < -0.39 is 5.82 Å². The first-order valence-corrected chi connectivity index (χ1v) is 8.65. The van der Waals surface area contributed by atoms with Crippen LogP contribution in [-0.2, 0) is 13.1 Å². The number of aryl methyl sites for hydroxylation is 1. The molecule has 0 atom stereocenters. The summed E-state index contributed by atoms with van der Waals surface area (Å²) < 4.78 is 17.6. The Morgan fingerprint density at radius 2 is 2.12 bits per heavy atom. The van der Waals surface area contributed by atoms with Gasteiger partial charge in [0.05, 0.1) is 11.0 Å². The van der Waals surface area contributed by atoms with Crippen LogP contribution in [0.2, 0.25) is 5.02 Å². The van der Waals surface area contributed by atoms with Crippen LogP contribution < -0.4 is 5.32 Å². The van der Waals surface area contributed by atoms with Crippen LogP contribution in [0.4, 0.5) is 10.2 Å². The van der Waals surface area contributed by atoms with Crippen molar-refractivity contribution in [3.63, 3.8) is 0 Å². The van der Waals surface area contributed by atoms with Crippen molar-refractivity contribution in [1.29, 1.82) is 0 Å². The molecule has 2 heterocycles. The summed E-state index contributed by atoms with van der Waals surface area (Å²) in [7, 11) is 0. The molecule has 130 valence electrons. The van der Waals surface area contributed by atoms with Crippen LogP contribution in [0, 0.1) is 5.82 Å². The number of benzene rings is 1. The van der Waals surface area contributed by atoms with E-state index in [1.54, 1.807) is 35.3 Å². The van der Waals surface area contributed by atoms with Crippen LogP contribution in [0.3, 0.4) is 0 Å². The maximum atomic E-state index is 13.8. The average Bonchev–Trinajstić information content (AvgIpc) is 3.17. The molecule has 0 saturated carbocycles. The van der Waals surface area contributed by atoms with Crippen LogP contribution in [0.15, 0.2) is 41.1 Å². The van der Waals surface area contributed by atoms with Crippen molar-refractivity contribution < 1.29 is 9.18 Å². The largest absolute Gasteiger partial charge is 0.304 e. The van der Waals surface area contributed by atoms with E-state index in [1.165, 1.54) is 10.7 Å². The number of halogens is 3. The number of nitrogens with one attached hydrogen (secondary N) is 1. The Morgan fingerprint density at radius 1 is 1.32 bits per heavy atom. The second-order valence-electron chi connectivity index (χ2n) is 5.23. The second-order valence-corrected chi connectivity index (χ2v) is 6.50. The summed E-state index contributed by atoms with van der Waals surface area (Å²) in [5.74, 6) is -0.439. The zero-order valence-electron chi connectivity index (χ0n) is 13.2. The summed E-state index contributed by atoms with van der Waals surface area (Å²) in [5, 5.41) is 11.4. The molecule has 1 aromatic carbocycles. The molecule has 9 heteroatoms. The molecule has 0 fully saturated rings. The molecular weight excluding hydrogens is 413 g/mol. The fourth-order valence-electron chi connectivity index (χ4n) is 2.25. The highest BCUT2D eigenvalue weighted by molar-refractivity contribution is 9.10. The van der Waals surface area contributed by atoms with E-state index >= 15 is 0 Å². The van der Waals surface area contributed by atoms with Gasteiger partial charge in [0.25, 0.3) is 5.91 Å². The van der Waals surface area contributed by atoms with Gasteiger partial charge in [-0.05, 0) is 35.0 Å². The smallest absolute Gasteiger partial charge is 0.278 e. The number of nitrogens with zero attached hydrogens (tertiary/aromatic N) is 4. The van der Waals surface area contributed by atoms with Gasteiger partial charge in [0.15, 0.2) is 11.5 Å². The SMILES string of the molecule is CCn1cc(Br)c(C(=O)Nc2ccn(Cc3c(F)cccc3Cl)n2)n1. The summed E-state index contributed by atoms with van der Waals surface area (Å²) in [6, 6.07) is 6.13. The first-order chi connectivity index (χ1) is 12.0. The lowest BCUT2D eigenvalue weighted by Crippen LogP contribution is -2.14. The third-order valence-electron chi connectivity index (χ3n) is 3.52. The maximum Gasteiger partial charge on any atom is 0.278 e. The van der Waals surface area contributed by atoms with E-state index in [1.807, 2.05) is 6.92 Å². The summed E-state index contributed by atoms with van der Waals surface area (Å²) in [6.45, 7) is 2.75. The number of amides is 1. The molecule has 2 aromatic heterocycles. The lowest BCUT2D eigenvalue weighted by atomic mass is 10.2. The van der Waals surface area contributed by atoms with Crippen LogP contribution in [0.1, 0.15) is 23.0 Å². The molecule has 0 aliphatic carbocycles. The lowest BCUT2D eigenvalue weighted by molar-refractivity contribution is 0.102. The van der Waals surface area contributed by atoms with E-state index in [9.17, 15) is 9.18 Å². The Labute approximate surface area is 156 Å². The van der Waals surface area contributed by atoms with Gasteiger partial charge in [-0.15, -0.1) is 0 Å². The zero-order chi connectivity index (χ0) is 18.0.